The molecule has 3 saturated heterocycles. The summed E-state index contributed by atoms with van der Waals surface area (Å²) in [5.74, 6) is -0.274. The first kappa shape index (κ1) is 32.1. The third-order valence-corrected chi connectivity index (χ3v) is 9.43. The molecule has 2 aromatic carbocycles. The third kappa shape index (κ3) is 6.38. The van der Waals surface area contributed by atoms with Gasteiger partial charge in [-0.25, -0.2) is 9.18 Å². The van der Waals surface area contributed by atoms with Crippen molar-refractivity contribution in [3.05, 3.63) is 70.0 Å². The fourth-order valence-electron chi connectivity index (χ4n) is 6.85. The van der Waals surface area contributed by atoms with Crippen molar-refractivity contribution in [1.29, 1.82) is 0 Å². The zero-order valence-corrected chi connectivity index (χ0v) is 24.7. The zero-order valence-electron chi connectivity index (χ0n) is 24.7. The second kappa shape index (κ2) is 11.9. The third-order valence-electron chi connectivity index (χ3n) is 9.43. The first-order valence-electron chi connectivity index (χ1n) is 14.7. The van der Waals surface area contributed by atoms with Crippen LogP contribution in [0.3, 0.4) is 0 Å². The molecule has 3 fully saturated rings. The molecule has 44 heavy (non-hydrogen) atoms. The van der Waals surface area contributed by atoms with Crippen LogP contribution in [0.5, 0.6) is 0 Å². The van der Waals surface area contributed by atoms with E-state index in [2.05, 4.69) is 4.90 Å². The van der Waals surface area contributed by atoms with Crippen molar-refractivity contribution in [3.63, 3.8) is 0 Å². The largest absolute Gasteiger partial charge is 0.416 e. The molecule has 5 rings (SSSR count). The van der Waals surface area contributed by atoms with Crippen molar-refractivity contribution >= 4 is 11.9 Å². The Kier molecular flexibility index (Phi) is 8.65. The van der Waals surface area contributed by atoms with Crippen LogP contribution in [0.1, 0.15) is 72.5 Å². The lowest BCUT2D eigenvalue weighted by Gasteiger charge is -2.48. The SMILES string of the molecule is Cc1cc(F)ccc1[C@H]1C[C@H](N2CCN3C(=O)CC[C@@H]3C2)CCN1C(=O)N(C)[C@@H](C)c1cc(C(F)(F)F)cc(C(F)(F)F)c1. The van der Waals surface area contributed by atoms with Gasteiger partial charge in [0.1, 0.15) is 5.82 Å². The smallest absolute Gasteiger partial charge is 0.337 e. The number of aryl methyl sites for hydroxylation is 1. The van der Waals surface area contributed by atoms with Crippen molar-refractivity contribution in [2.45, 2.75) is 76.1 Å². The molecule has 3 heterocycles. The molecule has 240 valence electrons. The number of piperazine rings is 1. The van der Waals surface area contributed by atoms with Crippen LogP contribution in [0.25, 0.3) is 0 Å². The van der Waals surface area contributed by atoms with Crippen molar-refractivity contribution in [3.8, 4) is 0 Å². The lowest BCUT2D eigenvalue weighted by Crippen LogP contribution is -2.57. The van der Waals surface area contributed by atoms with Crippen molar-refractivity contribution in [2.24, 2.45) is 0 Å². The topological polar surface area (TPSA) is 47.1 Å². The van der Waals surface area contributed by atoms with Gasteiger partial charge in [0.05, 0.1) is 23.2 Å². The molecule has 0 saturated carbocycles. The summed E-state index contributed by atoms with van der Waals surface area (Å²) in [5, 5.41) is 0. The highest BCUT2D eigenvalue weighted by Crippen LogP contribution is 2.40. The van der Waals surface area contributed by atoms with E-state index in [-0.39, 0.29) is 36.2 Å². The maximum Gasteiger partial charge on any atom is 0.416 e. The van der Waals surface area contributed by atoms with Crippen molar-refractivity contribution in [1.82, 2.24) is 19.6 Å². The number of piperidine rings is 1. The van der Waals surface area contributed by atoms with Crippen LogP contribution in [0.4, 0.5) is 35.5 Å². The summed E-state index contributed by atoms with van der Waals surface area (Å²) in [5.41, 5.74) is -1.84. The Hall–Kier alpha value is -3.35. The summed E-state index contributed by atoms with van der Waals surface area (Å²) in [6, 6.07) is 3.68. The standard InChI is InChI=1S/C31H35F7N4O2/c1-18-12-23(32)4-6-26(18)27-16-24(40-10-11-41-25(17-40)5-7-28(41)43)8-9-42(27)29(44)39(3)19(2)20-13-21(30(33,34)35)15-22(14-20)31(36,37)38/h4,6,12-15,19,24-25,27H,5,7-11,16-17H2,1-3H3/t19-,24+,25+,27+/m0/s1. The Bertz CT molecular complexity index is 1380. The van der Waals surface area contributed by atoms with Crippen LogP contribution >= 0.6 is 0 Å². The minimum atomic E-state index is -5.01. The van der Waals surface area contributed by atoms with Gasteiger partial charge in [-0.05, 0) is 80.1 Å². The highest BCUT2D eigenvalue weighted by molar-refractivity contribution is 5.79. The molecule has 13 heteroatoms. The van der Waals surface area contributed by atoms with E-state index in [9.17, 15) is 40.3 Å². The Morgan fingerprint density at radius 2 is 1.59 bits per heavy atom. The van der Waals surface area contributed by atoms with Crippen molar-refractivity contribution in [2.75, 3.05) is 33.2 Å². The first-order chi connectivity index (χ1) is 20.5. The predicted octanol–water partition coefficient (Wildman–Crippen LogP) is 6.80. The average molecular weight is 629 g/mol. The molecule has 4 atom stereocenters. The number of fused-ring (bicyclic) bond motifs is 1. The van der Waals surface area contributed by atoms with Crippen LogP contribution in [-0.2, 0) is 17.1 Å². The van der Waals surface area contributed by atoms with Gasteiger partial charge in [0, 0.05) is 51.7 Å². The number of halogens is 7. The highest BCUT2D eigenvalue weighted by Gasteiger charge is 2.43. The van der Waals surface area contributed by atoms with E-state index in [1.54, 1.807) is 17.9 Å². The minimum Gasteiger partial charge on any atom is -0.337 e. The quantitative estimate of drug-likeness (QED) is 0.350. The van der Waals surface area contributed by atoms with Gasteiger partial charge < -0.3 is 14.7 Å². The molecule has 0 aromatic heterocycles. The summed E-state index contributed by atoms with van der Waals surface area (Å²) >= 11 is 0. The number of urea groups is 1. The van der Waals surface area contributed by atoms with Crippen LogP contribution in [0.15, 0.2) is 36.4 Å². The number of carbonyl (C=O) groups is 2. The summed E-state index contributed by atoms with van der Waals surface area (Å²) in [6.45, 7) is 5.43. The summed E-state index contributed by atoms with van der Waals surface area (Å²) in [4.78, 5) is 33.2. The maximum absolute atomic E-state index is 14.1. The molecule has 0 radical (unpaired) electrons. The van der Waals surface area contributed by atoms with E-state index in [4.69, 9.17) is 0 Å². The number of amides is 3. The summed E-state index contributed by atoms with van der Waals surface area (Å²) < 4.78 is 95.2. The molecule has 0 spiro atoms. The lowest BCUT2D eigenvalue weighted by molar-refractivity contribution is -0.143. The number of nitrogens with zero attached hydrogens (tertiary/aromatic N) is 4. The van der Waals surface area contributed by atoms with Crippen LogP contribution in [-0.4, -0.2) is 76.8 Å². The Labute approximate surface area is 251 Å². The molecule has 0 unspecified atom stereocenters. The van der Waals surface area contributed by atoms with E-state index in [1.807, 2.05) is 4.90 Å². The fraction of sp³-hybridized carbons (Fsp3) is 0.548. The average Bonchev–Trinajstić information content (AvgIpc) is 3.34. The Balaban J connectivity index is 1.42. The molecule has 0 N–H and O–H groups in total. The van der Waals surface area contributed by atoms with Crippen LogP contribution in [0.2, 0.25) is 0 Å². The van der Waals surface area contributed by atoms with Gasteiger partial charge in [-0.2, -0.15) is 26.3 Å². The molecular formula is C31H35F7N4O2. The molecular weight excluding hydrogens is 593 g/mol. The number of benzene rings is 2. The van der Waals surface area contributed by atoms with Gasteiger partial charge in [-0.15, -0.1) is 0 Å². The molecule has 3 amide bonds. The van der Waals surface area contributed by atoms with Crippen molar-refractivity contribution < 1.29 is 40.3 Å². The Morgan fingerprint density at radius 1 is 0.932 bits per heavy atom. The maximum atomic E-state index is 14.1. The van der Waals surface area contributed by atoms with E-state index in [1.165, 1.54) is 26.1 Å². The van der Waals surface area contributed by atoms with E-state index in [0.717, 1.165) is 16.9 Å². The molecule has 0 aliphatic carbocycles. The van der Waals surface area contributed by atoms with Gasteiger partial charge in [-0.1, -0.05) is 6.07 Å². The summed E-state index contributed by atoms with van der Waals surface area (Å²) in [6.07, 6.45) is -7.60. The van der Waals surface area contributed by atoms with Gasteiger partial charge >= 0.3 is 18.4 Å². The van der Waals surface area contributed by atoms with Gasteiger partial charge in [0.15, 0.2) is 0 Å². The second-order valence-electron chi connectivity index (χ2n) is 12.1. The second-order valence-corrected chi connectivity index (χ2v) is 12.1. The fourth-order valence-corrected chi connectivity index (χ4v) is 6.85. The van der Waals surface area contributed by atoms with Gasteiger partial charge in [-0.3, -0.25) is 9.69 Å². The van der Waals surface area contributed by atoms with Gasteiger partial charge in [0.2, 0.25) is 5.91 Å². The lowest BCUT2D eigenvalue weighted by atomic mass is 9.88. The predicted molar refractivity (Wildman–Crippen MR) is 148 cm³/mol. The molecule has 3 aliphatic rings. The molecule has 6 nitrogen and oxygen atoms in total. The zero-order chi connectivity index (χ0) is 32.1. The number of hydrogen-bond donors (Lipinski definition) is 0. The van der Waals surface area contributed by atoms with E-state index in [0.29, 0.717) is 56.6 Å². The molecule has 0 bridgehead atoms. The molecule has 3 aliphatic heterocycles. The van der Waals surface area contributed by atoms with Crippen LogP contribution < -0.4 is 0 Å². The normalized spacial score (nSPS) is 24.0. The number of alkyl halides is 6. The number of likely N-dealkylation sites (tertiary alicyclic amines) is 1. The van der Waals surface area contributed by atoms with E-state index < -0.39 is 47.4 Å². The number of hydrogen-bond acceptors (Lipinski definition) is 3. The van der Waals surface area contributed by atoms with E-state index >= 15 is 0 Å². The van der Waals surface area contributed by atoms with Gasteiger partial charge in [0.25, 0.3) is 0 Å². The summed E-state index contributed by atoms with van der Waals surface area (Å²) in [7, 11) is 1.36. The monoisotopic (exact) mass is 628 g/mol. The molecule has 2 aromatic rings. The number of rotatable bonds is 4. The first-order valence-corrected chi connectivity index (χ1v) is 14.7. The van der Waals surface area contributed by atoms with Crippen LogP contribution in [0, 0.1) is 12.7 Å². The highest BCUT2D eigenvalue weighted by atomic mass is 19.4. The Morgan fingerprint density at radius 3 is 2.20 bits per heavy atom. The number of carbonyl (C=O) groups excluding carboxylic acids is 2. The minimum absolute atomic E-state index is 0.0619.